The van der Waals surface area contributed by atoms with E-state index in [0.29, 0.717) is 0 Å². The van der Waals surface area contributed by atoms with Gasteiger partial charge in [0.05, 0.1) is 18.0 Å². The molecule has 0 radical (unpaired) electrons. The summed E-state index contributed by atoms with van der Waals surface area (Å²) in [4.78, 5) is 12.3. The average Bonchev–Trinajstić information content (AvgIpc) is 3.12. The molecule has 1 aliphatic heterocycles. The Hall–Kier alpha value is -1.38. The smallest absolute Gasteiger partial charge is 0.140 e. The molecule has 1 saturated carbocycles. The lowest BCUT2D eigenvalue weighted by Crippen LogP contribution is -2.50. The quantitative estimate of drug-likeness (QED) is 0.913. The Labute approximate surface area is 120 Å². The van der Waals surface area contributed by atoms with Crippen LogP contribution in [0.2, 0.25) is 0 Å². The molecule has 1 N–H and O–H groups in total. The zero-order valence-corrected chi connectivity index (χ0v) is 12.2. The Bertz CT molecular complexity index is 475. The van der Waals surface area contributed by atoms with Crippen LogP contribution in [-0.4, -0.2) is 52.0 Å². The zero-order chi connectivity index (χ0) is 13.9. The second-order valence-electron chi connectivity index (χ2n) is 5.97. The Balaban J connectivity index is 1.60. The SMILES string of the molecule is Cc1ncc(C(C#N)N2CCN(C3CCCC3)CC2)[nH]1. The maximum Gasteiger partial charge on any atom is 0.140 e. The van der Waals surface area contributed by atoms with Gasteiger partial charge in [-0.2, -0.15) is 5.26 Å². The van der Waals surface area contributed by atoms with Crippen molar-refractivity contribution in [3.05, 3.63) is 17.7 Å². The summed E-state index contributed by atoms with van der Waals surface area (Å²) >= 11 is 0. The van der Waals surface area contributed by atoms with Crippen molar-refractivity contribution in [2.75, 3.05) is 26.2 Å². The number of hydrogen-bond acceptors (Lipinski definition) is 4. The predicted molar refractivity (Wildman–Crippen MR) is 77.1 cm³/mol. The molecule has 0 amide bonds. The van der Waals surface area contributed by atoms with Gasteiger partial charge in [0.25, 0.3) is 0 Å². The predicted octanol–water partition coefficient (Wildman–Crippen LogP) is 1.84. The van der Waals surface area contributed by atoms with Gasteiger partial charge in [-0.1, -0.05) is 12.8 Å². The summed E-state index contributed by atoms with van der Waals surface area (Å²) < 4.78 is 0. The zero-order valence-electron chi connectivity index (χ0n) is 12.2. The summed E-state index contributed by atoms with van der Waals surface area (Å²) in [6, 6.07) is 3.04. The van der Waals surface area contributed by atoms with Crippen molar-refractivity contribution in [3.63, 3.8) is 0 Å². The number of nitrogens with one attached hydrogen (secondary N) is 1. The fourth-order valence-electron chi connectivity index (χ4n) is 3.56. The lowest BCUT2D eigenvalue weighted by atomic mass is 10.1. The summed E-state index contributed by atoms with van der Waals surface area (Å²) in [5, 5.41) is 9.47. The van der Waals surface area contributed by atoms with E-state index in [1.165, 1.54) is 25.7 Å². The number of hydrogen-bond donors (Lipinski definition) is 1. The third-order valence-corrected chi connectivity index (χ3v) is 4.69. The number of H-pyrrole nitrogens is 1. The van der Waals surface area contributed by atoms with E-state index in [1.54, 1.807) is 6.20 Å². The fourth-order valence-corrected chi connectivity index (χ4v) is 3.56. The highest BCUT2D eigenvalue weighted by molar-refractivity contribution is 5.14. The first-order chi connectivity index (χ1) is 9.78. The molecule has 20 heavy (non-hydrogen) atoms. The first-order valence-electron chi connectivity index (χ1n) is 7.67. The van der Waals surface area contributed by atoms with Crippen molar-refractivity contribution in [3.8, 4) is 6.07 Å². The molecule has 108 valence electrons. The molecule has 1 aromatic heterocycles. The first-order valence-corrected chi connectivity index (χ1v) is 7.67. The maximum absolute atomic E-state index is 9.47. The van der Waals surface area contributed by atoms with Crippen LogP contribution in [0.4, 0.5) is 0 Å². The molecule has 2 heterocycles. The number of rotatable bonds is 3. The van der Waals surface area contributed by atoms with Crippen LogP contribution in [0.3, 0.4) is 0 Å². The molecule has 2 aliphatic rings. The number of imidazole rings is 1. The summed E-state index contributed by atoms with van der Waals surface area (Å²) in [5.74, 6) is 0.879. The normalized spacial score (nSPS) is 23.8. The van der Waals surface area contributed by atoms with Crippen LogP contribution < -0.4 is 0 Å². The van der Waals surface area contributed by atoms with E-state index < -0.39 is 0 Å². The van der Waals surface area contributed by atoms with E-state index >= 15 is 0 Å². The second-order valence-corrected chi connectivity index (χ2v) is 5.97. The van der Waals surface area contributed by atoms with Crippen LogP contribution in [0.1, 0.15) is 43.2 Å². The third-order valence-electron chi connectivity index (χ3n) is 4.69. The Morgan fingerprint density at radius 1 is 1.30 bits per heavy atom. The largest absolute Gasteiger partial charge is 0.344 e. The lowest BCUT2D eigenvalue weighted by Gasteiger charge is -2.39. The van der Waals surface area contributed by atoms with Crippen LogP contribution in [0.15, 0.2) is 6.20 Å². The van der Waals surface area contributed by atoms with Gasteiger partial charge in [-0.05, 0) is 19.8 Å². The minimum absolute atomic E-state index is 0.179. The summed E-state index contributed by atoms with van der Waals surface area (Å²) in [5.41, 5.74) is 0.930. The van der Waals surface area contributed by atoms with Gasteiger partial charge in [-0.25, -0.2) is 4.98 Å². The molecule has 3 rings (SSSR count). The molecular weight excluding hydrogens is 250 g/mol. The van der Waals surface area contributed by atoms with Gasteiger partial charge in [-0.15, -0.1) is 0 Å². The summed E-state index contributed by atoms with van der Waals surface area (Å²) in [6.07, 6.45) is 7.30. The van der Waals surface area contributed by atoms with Crippen LogP contribution in [-0.2, 0) is 0 Å². The van der Waals surface area contributed by atoms with Crippen molar-refractivity contribution in [2.24, 2.45) is 0 Å². The van der Waals surface area contributed by atoms with Crippen molar-refractivity contribution in [1.29, 1.82) is 5.26 Å². The van der Waals surface area contributed by atoms with E-state index in [0.717, 1.165) is 43.7 Å². The number of nitriles is 1. The number of aryl methyl sites for hydroxylation is 1. The molecule has 5 nitrogen and oxygen atoms in total. The number of nitrogens with zero attached hydrogens (tertiary/aromatic N) is 4. The van der Waals surface area contributed by atoms with E-state index in [4.69, 9.17) is 0 Å². The Morgan fingerprint density at radius 3 is 2.55 bits per heavy atom. The molecular formula is C15H23N5. The topological polar surface area (TPSA) is 59.0 Å². The lowest BCUT2D eigenvalue weighted by molar-refractivity contribution is 0.0831. The molecule has 1 saturated heterocycles. The highest BCUT2D eigenvalue weighted by atomic mass is 15.3. The van der Waals surface area contributed by atoms with Crippen molar-refractivity contribution in [1.82, 2.24) is 19.8 Å². The van der Waals surface area contributed by atoms with Gasteiger partial charge in [0.2, 0.25) is 0 Å². The highest BCUT2D eigenvalue weighted by Gasteiger charge is 2.30. The second kappa shape index (κ2) is 5.94. The van der Waals surface area contributed by atoms with Crippen LogP contribution in [0.5, 0.6) is 0 Å². The standard InChI is InChI=1S/C15H23N5/c1-12-17-11-14(18-12)15(10-16)20-8-6-19(7-9-20)13-4-2-3-5-13/h11,13,15H,2-9H2,1H3,(H,17,18). The number of piperazine rings is 1. The molecule has 0 bridgehead atoms. The van der Waals surface area contributed by atoms with Gasteiger partial charge in [0, 0.05) is 32.2 Å². The Kier molecular flexibility index (Phi) is 4.04. The van der Waals surface area contributed by atoms with Gasteiger partial charge in [-0.3, -0.25) is 9.80 Å². The molecule has 0 spiro atoms. The molecule has 1 aromatic rings. The Morgan fingerprint density at radius 2 is 2.00 bits per heavy atom. The summed E-state index contributed by atoms with van der Waals surface area (Å²) in [6.45, 7) is 6.07. The van der Waals surface area contributed by atoms with Crippen LogP contribution >= 0.6 is 0 Å². The fraction of sp³-hybridized carbons (Fsp3) is 0.733. The third kappa shape index (κ3) is 2.72. The van der Waals surface area contributed by atoms with E-state index in [1.807, 2.05) is 6.92 Å². The molecule has 2 fully saturated rings. The minimum Gasteiger partial charge on any atom is -0.344 e. The molecule has 0 aromatic carbocycles. The van der Waals surface area contributed by atoms with Crippen molar-refractivity contribution in [2.45, 2.75) is 44.7 Å². The van der Waals surface area contributed by atoms with E-state index in [2.05, 4.69) is 25.8 Å². The molecule has 1 atom stereocenters. The summed E-state index contributed by atoms with van der Waals surface area (Å²) in [7, 11) is 0. The van der Waals surface area contributed by atoms with E-state index in [-0.39, 0.29) is 6.04 Å². The van der Waals surface area contributed by atoms with Gasteiger partial charge >= 0.3 is 0 Å². The number of aromatic amines is 1. The highest BCUT2D eigenvalue weighted by Crippen LogP contribution is 2.26. The van der Waals surface area contributed by atoms with Gasteiger partial charge < -0.3 is 4.98 Å². The van der Waals surface area contributed by atoms with Crippen LogP contribution in [0, 0.1) is 18.3 Å². The van der Waals surface area contributed by atoms with E-state index in [9.17, 15) is 5.26 Å². The molecule has 1 aliphatic carbocycles. The van der Waals surface area contributed by atoms with Gasteiger partial charge in [0.15, 0.2) is 0 Å². The van der Waals surface area contributed by atoms with Crippen molar-refractivity contribution < 1.29 is 0 Å². The molecule has 1 unspecified atom stereocenters. The van der Waals surface area contributed by atoms with Crippen LogP contribution in [0.25, 0.3) is 0 Å². The maximum atomic E-state index is 9.47. The van der Waals surface area contributed by atoms with Gasteiger partial charge in [0.1, 0.15) is 11.9 Å². The average molecular weight is 273 g/mol. The number of aromatic nitrogens is 2. The first kappa shape index (κ1) is 13.6. The molecule has 5 heteroatoms. The van der Waals surface area contributed by atoms with Crippen molar-refractivity contribution >= 4 is 0 Å². The minimum atomic E-state index is -0.179. The monoisotopic (exact) mass is 273 g/mol.